The smallest absolute Gasteiger partial charge is 0.256 e. The van der Waals surface area contributed by atoms with Crippen LogP contribution >= 0.6 is 0 Å². The van der Waals surface area contributed by atoms with Gasteiger partial charge < -0.3 is 9.30 Å². The summed E-state index contributed by atoms with van der Waals surface area (Å²) in [6, 6.07) is 4.43. The van der Waals surface area contributed by atoms with Gasteiger partial charge in [0, 0.05) is 17.7 Å². The van der Waals surface area contributed by atoms with Gasteiger partial charge in [0.2, 0.25) is 0 Å². The van der Waals surface area contributed by atoms with Gasteiger partial charge in [0.15, 0.2) is 0 Å². The second-order valence-electron chi connectivity index (χ2n) is 5.07. The molecule has 0 fully saturated rings. The molecule has 1 aromatic heterocycles. The fourth-order valence-corrected chi connectivity index (χ4v) is 2.26. The normalized spacial score (nSPS) is 10.9. The van der Waals surface area contributed by atoms with E-state index in [1.165, 1.54) is 25.1 Å². The van der Waals surface area contributed by atoms with E-state index in [1.807, 2.05) is 0 Å². The maximum Gasteiger partial charge on any atom is 0.256 e. The van der Waals surface area contributed by atoms with Crippen LogP contribution in [0.15, 0.2) is 41.7 Å². The van der Waals surface area contributed by atoms with E-state index in [0.717, 1.165) is 12.1 Å². The lowest BCUT2D eigenvalue weighted by Gasteiger charge is -2.15. The molecular formula is C17H15F4NO2. The fourth-order valence-electron chi connectivity index (χ4n) is 2.26. The lowest BCUT2D eigenvalue weighted by molar-refractivity contribution is 0.125. The Hall–Kier alpha value is -2.57. The summed E-state index contributed by atoms with van der Waals surface area (Å²) in [4.78, 5) is 12.1. The van der Waals surface area contributed by atoms with Crippen molar-refractivity contribution in [2.24, 2.45) is 0 Å². The van der Waals surface area contributed by atoms with Crippen LogP contribution in [-0.2, 0) is 6.54 Å². The third kappa shape index (κ3) is 3.67. The van der Waals surface area contributed by atoms with Gasteiger partial charge in [0.25, 0.3) is 12.0 Å². The molecule has 0 aliphatic heterocycles. The minimum absolute atomic E-state index is 0.0544. The minimum atomic E-state index is -2.84. The van der Waals surface area contributed by atoms with Gasteiger partial charge in [-0.3, -0.25) is 4.79 Å². The SMILES string of the molecule is C=CCOc1cc(F)c(-c2ccc(C)c(=O)n2CC(F)F)c(F)c1. The van der Waals surface area contributed by atoms with Gasteiger partial charge in [-0.1, -0.05) is 18.7 Å². The summed E-state index contributed by atoms with van der Waals surface area (Å²) in [5.74, 6) is -2.09. The molecule has 0 saturated carbocycles. The van der Waals surface area contributed by atoms with Crippen LogP contribution in [0.5, 0.6) is 5.75 Å². The molecule has 24 heavy (non-hydrogen) atoms. The molecule has 7 heteroatoms. The molecule has 0 amide bonds. The van der Waals surface area contributed by atoms with Crippen molar-refractivity contribution in [2.75, 3.05) is 6.61 Å². The number of alkyl halides is 2. The van der Waals surface area contributed by atoms with Gasteiger partial charge in [0.1, 0.15) is 24.0 Å². The van der Waals surface area contributed by atoms with Crippen LogP contribution < -0.4 is 10.3 Å². The van der Waals surface area contributed by atoms with E-state index in [1.54, 1.807) is 0 Å². The van der Waals surface area contributed by atoms with Crippen LogP contribution in [-0.4, -0.2) is 17.6 Å². The molecule has 1 aromatic carbocycles. The highest BCUT2D eigenvalue weighted by molar-refractivity contribution is 5.63. The quantitative estimate of drug-likeness (QED) is 0.589. The third-order valence-electron chi connectivity index (χ3n) is 3.32. The zero-order valence-electron chi connectivity index (χ0n) is 12.9. The number of nitrogens with zero attached hydrogens (tertiary/aromatic N) is 1. The Balaban J connectivity index is 2.62. The summed E-state index contributed by atoms with van der Waals surface area (Å²) < 4.78 is 59.9. The molecule has 3 nitrogen and oxygen atoms in total. The van der Waals surface area contributed by atoms with Gasteiger partial charge in [-0.05, 0) is 13.0 Å². The Morgan fingerprint density at radius 2 is 1.88 bits per heavy atom. The van der Waals surface area contributed by atoms with Crippen LogP contribution in [0.2, 0.25) is 0 Å². The molecule has 0 bridgehead atoms. The first-order valence-corrected chi connectivity index (χ1v) is 7.06. The van der Waals surface area contributed by atoms with Crippen molar-refractivity contribution in [1.82, 2.24) is 4.57 Å². The summed E-state index contributed by atoms with van der Waals surface area (Å²) in [5, 5.41) is 0. The number of hydrogen-bond donors (Lipinski definition) is 0. The Bertz CT molecular complexity index is 792. The van der Waals surface area contributed by atoms with Gasteiger partial charge in [-0.25, -0.2) is 17.6 Å². The fraction of sp³-hybridized carbons (Fsp3) is 0.235. The summed E-state index contributed by atoms with van der Waals surface area (Å²) in [7, 11) is 0. The van der Waals surface area contributed by atoms with Crippen molar-refractivity contribution in [1.29, 1.82) is 0 Å². The Morgan fingerprint density at radius 3 is 2.42 bits per heavy atom. The molecule has 0 unspecified atom stereocenters. The standard InChI is InChI=1S/C17H15F4NO2/c1-3-6-24-11-7-12(18)16(13(19)8-11)14-5-4-10(2)17(23)22(14)9-15(20)21/h3-5,7-8,15H,1,6,9H2,2H3. The van der Waals surface area contributed by atoms with E-state index in [4.69, 9.17) is 4.74 Å². The van der Waals surface area contributed by atoms with E-state index >= 15 is 0 Å². The Morgan fingerprint density at radius 1 is 1.25 bits per heavy atom. The molecule has 0 radical (unpaired) electrons. The maximum absolute atomic E-state index is 14.3. The van der Waals surface area contributed by atoms with Crippen LogP contribution in [0.1, 0.15) is 5.56 Å². The minimum Gasteiger partial charge on any atom is -0.489 e. The molecule has 1 heterocycles. The Kier molecular flexibility index (Phi) is 5.43. The second-order valence-corrected chi connectivity index (χ2v) is 5.07. The van der Waals surface area contributed by atoms with E-state index in [9.17, 15) is 22.4 Å². The summed E-state index contributed by atoms with van der Waals surface area (Å²) in [5.41, 5.74) is -1.33. The second kappa shape index (κ2) is 7.33. The van der Waals surface area contributed by atoms with Crippen LogP contribution in [0, 0.1) is 18.6 Å². The topological polar surface area (TPSA) is 31.2 Å². The van der Waals surface area contributed by atoms with E-state index in [2.05, 4.69) is 6.58 Å². The highest BCUT2D eigenvalue weighted by Gasteiger charge is 2.20. The molecule has 0 aliphatic carbocycles. The number of benzene rings is 1. The molecular weight excluding hydrogens is 326 g/mol. The zero-order valence-corrected chi connectivity index (χ0v) is 12.9. The Labute approximate surface area is 135 Å². The van der Waals surface area contributed by atoms with Gasteiger partial charge >= 0.3 is 0 Å². The average Bonchev–Trinajstić information content (AvgIpc) is 2.51. The molecule has 0 aliphatic rings. The van der Waals surface area contributed by atoms with Gasteiger partial charge in [-0.2, -0.15) is 0 Å². The predicted octanol–water partition coefficient (Wildman–Crippen LogP) is 3.93. The first-order valence-electron chi connectivity index (χ1n) is 7.06. The summed E-state index contributed by atoms with van der Waals surface area (Å²) >= 11 is 0. The molecule has 0 N–H and O–H groups in total. The number of aromatic nitrogens is 1. The van der Waals surface area contributed by atoms with E-state index in [0.29, 0.717) is 4.57 Å². The first-order chi connectivity index (χ1) is 11.3. The van der Waals surface area contributed by atoms with Crippen LogP contribution in [0.4, 0.5) is 17.6 Å². The largest absolute Gasteiger partial charge is 0.489 e. The van der Waals surface area contributed by atoms with Crippen LogP contribution in [0.25, 0.3) is 11.3 Å². The van der Waals surface area contributed by atoms with Crippen molar-refractivity contribution in [3.63, 3.8) is 0 Å². The molecule has 0 atom stereocenters. The number of pyridine rings is 1. The molecule has 0 saturated heterocycles. The lowest BCUT2D eigenvalue weighted by Crippen LogP contribution is -2.26. The lowest BCUT2D eigenvalue weighted by atomic mass is 10.1. The number of aryl methyl sites for hydroxylation is 1. The van der Waals surface area contributed by atoms with Gasteiger partial charge in [-0.15, -0.1) is 0 Å². The molecule has 128 valence electrons. The van der Waals surface area contributed by atoms with E-state index in [-0.39, 0.29) is 23.6 Å². The molecule has 2 rings (SSSR count). The van der Waals surface area contributed by atoms with Crippen molar-refractivity contribution < 1.29 is 22.3 Å². The van der Waals surface area contributed by atoms with Gasteiger partial charge in [0.05, 0.1) is 17.8 Å². The monoisotopic (exact) mass is 341 g/mol. The number of rotatable bonds is 6. The number of hydrogen-bond acceptors (Lipinski definition) is 2. The highest BCUT2D eigenvalue weighted by atomic mass is 19.3. The number of halogens is 4. The maximum atomic E-state index is 14.3. The molecule has 0 spiro atoms. The van der Waals surface area contributed by atoms with Crippen molar-refractivity contribution in [3.05, 3.63) is 64.5 Å². The van der Waals surface area contributed by atoms with E-state index < -0.39 is 35.7 Å². The van der Waals surface area contributed by atoms with Crippen LogP contribution in [0.3, 0.4) is 0 Å². The summed E-state index contributed by atoms with van der Waals surface area (Å²) in [6.07, 6.45) is -1.44. The van der Waals surface area contributed by atoms with Crippen molar-refractivity contribution in [2.45, 2.75) is 19.9 Å². The summed E-state index contributed by atoms with van der Waals surface area (Å²) in [6.45, 7) is 3.96. The predicted molar refractivity (Wildman–Crippen MR) is 82.5 cm³/mol. The van der Waals surface area contributed by atoms with Crippen molar-refractivity contribution in [3.8, 4) is 17.0 Å². The highest BCUT2D eigenvalue weighted by Crippen LogP contribution is 2.29. The first kappa shape index (κ1) is 17.8. The molecule has 2 aromatic rings. The zero-order chi connectivity index (χ0) is 17.9. The number of ether oxygens (including phenoxy) is 1. The average molecular weight is 341 g/mol. The van der Waals surface area contributed by atoms with Crippen molar-refractivity contribution >= 4 is 0 Å². The third-order valence-corrected chi connectivity index (χ3v) is 3.32.